The number of pyridine rings is 1. The molecule has 3 heteroatoms. The molecule has 3 nitrogen and oxygen atoms in total. The molecule has 0 bridgehead atoms. The molecule has 0 aliphatic carbocycles. The Labute approximate surface area is 85.7 Å². The van der Waals surface area contributed by atoms with E-state index in [1.165, 1.54) is 24.0 Å². The highest BCUT2D eigenvalue weighted by Gasteiger charge is 2.10. The quantitative estimate of drug-likeness (QED) is 0.556. The van der Waals surface area contributed by atoms with Gasteiger partial charge in [-0.05, 0) is 30.5 Å². The zero-order valence-corrected chi connectivity index (χ0v) is 8.96. The van der Waals surface area contributed by atoms with Crippen molar-refractivity contribution in [1.82, 2.24) is 10.4 Å². The van der Waals surface area contributed by atoms with Crippen molar-refractivity contribution in [2.24, 2.45) is 5.84 Å². The molecule has 1 aromatic rings. The summed E-state index contributed by atoms with van der Waals surface area (Å²) in [6.07, 6.45) is 7.15. The number of rotatable bonds is 5. The van der Waals surface area contributed by atoms with Crippen molar-refractivity contribution in [3.63, 3.8) is 0 Å². The van der Waals surface area contributed by atoms with E-state index in [1.54, 1.807) is 0 Å². The van der Waals surface area contributed by atoms with Gasteiger partial charge in [-0.25, -0.2) is 0 Å². The Bertz CT molecular complexity index is 273. The number of nitrogens with one attached hydrogen (secondary N) is 1. The number of unbranched alkanes of at least 4 members (excludes halogenated alkanes) is 1. The van der Waals surface area contributed by atoms with Crippen molar-refractivity contribution in [3.05, 3.63) is 29.6 Å². The van der Waals surface area contributed by atoms with Gasteiger partial charge in [0.2, 0.25) is 0 Å². The summed E-state index contributed by atoms with van der Waals surface area (Å²) in [5, 5.41) is 0. The first-order valence-corrected chi connectivity index (χ1v) is 5.16. The normalized spacial score (nSPS) is 12.8. The lowest BCUT2D eigenvalue weighted by Crippen LogP contribution is -2.28. The Morgan fingerprint density at radius 3 is 2.93 bits per heavy atom. The van der Waals surface area contributed by atoms with Gasteiger partial charge in [0.1, 0.15) is 0 Å². The van der Waals surface area contributed by atoms with Gasteiger partial charge in [-0.15, -0.1) is 0 Å². The molecular formula is C11H19N3. The Balaban J connectivity index is 2.73. The molecule has 14 heavy (non-hydrogen) atoms. The third-order valence-electron chi connectivity index (χ3n) is 2.50. The highest BCUT2D eigenvalue weighted by Crippen LogP contribution is 2.20. The number of hydrazine groups is 1. The van der Waals surface area contributed by atoms with Crippen LogP contribution in [0.3, 0.4) is 0 Å². The molecule has 0 aromatic carbocycles. The lowest BCUT2D eigenvalue weighted by molar-refractivity contribution is 0.492. The molecule has 3 N–H and O–H groups in total. The average molecular weight is 193 g/mol. The van der Waals surface area contributed by atoms with Crippen LogP contribution in [0.25, 0.3) is 0 Å². The number of aromatic nitrogens is 1. The third kappa shape index (κ3) is 2.79. The van der Waals surface area contributed by atoms with Crippen LogP contribution in [0.4, 0.5) is 0 Å². The molecular weight excluding hydrogens is 174 g/mol. The van der Waals surface area contributed by atoms with Gasteiger partial charge in [-0.2, -0.15) is 0 Å². The van der Waals surface area contributed by atoms with Crippen molar-refractivity contribution in [2.45, 2.75) is 39.2 Å². The van der Waals surface area contributed by atoms with Crippen LogP contribution in [0, 0.1) is 6.92 Å². The molecule has 0 aliphatic rings. The van der Waals surface area contributed by atoms with Crippen LogP contribution in [-0.2, 0) is 0 Å². The van der Waals surface area contributed by atoms with Crippen molar-refractivity contribution < 1.29 is 0 Å². The Hall–Kier alpha value is -0.930. The first-order valence-electron chi connectivity index (χ1n) is 5.16. The van der Waals surface area contributed by atoms with E-state index >= 15 is 0 Å². The van der Waals surface area contributed by atoms with Gasteiger partial charge >= 0.3 is 0 Å². The summed E-state index contributed by atoms with van der Waals surface area (Å²) in [6.45, 7) is 4.27. The molecule has 0 saturated heterocycles. The molecule has 0 aliphatic heterocycles. The van der Waals surface area contributed by atoms with Gasteiger partial charge in [0.05, 0.1) is 0 Å². The minimum atomic E-state index is 0.239. The topological polar surface area (TPSA) is 50.9 Å². The molecule has 1 aromatic heterocycles. The van der Waals surface area contributed by atoms with Gasteiger partial charge in [-0.1, -0.05) is 19.8 Å². The van der Waals surface area contributed by atoms with E-state index in [0.29, 0.717) is 0 Å². The molecule has 1 rings (SSSR count). The van der Waals surface area contributed by atoms with E-state index in [4.69, 9.17) is 5.84 Å². The van der Waals surface area contributed by atoms with Crippen LogP contribution >= 0.6 is 0 Å². The summed E-state index contributed by atoms with van der Waals surface area (Å²) in [6, 6.07) is 2.26. The lowest BCUT2D eigenvalue weighted by atomic mass is 10.00. The Morgan fingerprint density at radius 1 is 1.57 bits per heavy atom. The van der Waals surface area contributed by atoms with Crippen LogP contribution in [-0.4, -0.2) is 4.98 Å². The van der Waals surface area contributed by atoms with Gasteiger partial charge in [-0.3, -0.25) is 16.3 Å². The Morgan fingerprint density at radius 2 is 2.36 bits per heavy atom. The minimum Gasteiger partial charge on any atom is -0.271 e. The second-order valence-electron chi connectivity index (χ2n) is 3.59. The van der Waals surface area contributed by atoms with E-state index in [2.05, 4.69) is 24.3 Å². The van der Waals surface area contributed by atoms with E-state index < -0.39 is 0 Å². The smallest absolute Gasteiger partial charge is 0.0477 e. The molecule has 0 radical (unpaired) electrons. The standard InChI is InChI=1S/C11H19N3/c1-3-4-5-11(14-12)10-8-13-7-6-9(10)2/h6-8,11,14H,3-5,12H2,1-2H3. The maximum atomic E-state index is 5.54. The number of nitrogens with two attached hydrogens (primary N) is 1. The predicted octanol–water partition coefficient (Wildman–Crippen LogP) is 2.08. The second kappa shape index (κ2) is 5.73. The average Bonchev–Trinajstić information content (AvgIpc) is 2.21. The zero-order valence-electron chi connectivity index (χ0n) is 8.96. The number of hydrogen-bond donors (Lipinski definition) is 2. The fourth-order valence-electron chi connectivity index (χ4n) is 1.58. The van der Waals surface area contributed by atoms with Gasteiger partial charge in [0, 0.05) is 18.4 Å². The molecule has 0 amide bonds. The monoisotopic (exact) mass is 193 g/mol. The number of nitrogens with zero attached hydrogens (tertiary/aromatic N) is 1. The summed E-state index contributed by atoms with van der Waals surface area (Å²) in [5.41, 5.74) is 5.31. The van der Waals surface area contributed by atoms with Crippen LogP contribution in [0.2, 0.25) is 0 Å². The molecule has 78 valence electrons. The molecule has 1 atom stereocenters. The van der Waals surface area contributed by atoms with Crippen molar-refractivity contribution in [1.29, 1.82) is 0 Å². The summed E-state index contributed by atoms with van der Waals surface area (Å²) in [4.78, 5) is 4.13. The van der Waals surface area contributed by atoms with Gasteiger partial charge in [0.25, 0.3) is 0 Å². The van der Waals surface area contributed by atoms with Gasteiger partial charge in [0.15, 0.2) is 0 Å². The first-order chi connectivity index (χ1) is 6.79. The van der Waals surface area contributed by atoms with Crippen LogP contribution in [0.15, 0.2) is 18.5 Å². The predicted molar refractivity (Wildman–Crippen MR) is 58.6 cm³/mol. The van der Waals surface area contributed by atoms with Gasteiger partial charge < -0.3 is 0 Å². The van der Waals surface area contributed by atoms with E-state index in [9.17, 15) is 0 Å². The van der Waals surface area contributed by atoms with E-state index in [0.717, 1.165) is 6.42 Å². The molecule has 1 unspecified atom stereocenters. The van der Waals surface area contributed by atoms with Crippen molar-refractivity contribution >= 4 is 0 Å². The fraction of sp³-hybridized carbons (Fsp3) is 0.545. The SMILES string of the molecule is CCCCC(NN)c1cnccc1C. The number of aryl methyl sites for hydroxylation is 1. The maximum absolute atomic E-state index is 5.54. The van der Waals surface area contributed by atoms with E-state index in [1.807, 2.05) is 18.5 Å². The molecule has 1 heterocycles. The molecule has 0 fully saturated rings. The van der Waals surface area contributed by atoms with E-state index in [-0.39, 0.29) is 6.04 Å². The van der Waals surface area contributed by atoms with Crippen LogP contribution in [0.5, 0.6) is 0 Å². The molecule has 0 saturated carbocycles. The second-order valence-corrected chi connectivity index (χ2v) is 3.59. The Kier molecular flexibility index (Phi) is 4.56. The third-order valence-corrected chi connectivity index (χ3v) is 2.50. The fourth-order valence-corrected chi connectivity index (χ4v) is 1.58. The maximum Gasteiger partial charge on any atom is 0.0477 e. The van der Waals surface area contributed by atoms with Crippen molar-refractivity contribution in [2.75, 3.05) is 0 Å². The van der Waals surface area contributed by atoms with Crippen LogP contribution in [0.1, 0.15) is 43.4 Å². The zero-order chi connectivity index (χ0) is 10.4. The minimum absolute atomic E-state index is 0.239. The highest BCUT2D eigenvalue weighted by molar-refractivity contribution is 5.24. The largest absolute Gasteiger partial charge is 0.271 e. The highest BCUT2D eigenvalue weighted by atomic mass is 15.2. The summed E-state index contributed by atoms with van der Waals surface area (Å²) in [7, 11) is 0. The van der Waals surface area contributed by atoms with Crippen molar-refractivity contribution in [3.8, 4) is 0 Å². The molecule has 0 spiro atoms. The lowest BCUT2D eigenvalue weighted by Gasteiger charge is -2.17. The summed E-state index contributed by atoms with van der Waals surface area (Å²) >= 11 is 0. The number of hydrogen-bond acceptors (Lipinski definition) is 3. The van der Waals surface area contributed by atoms with Crippen LogP contribution < -0.4 is 11.3 Å². The summed E-state index contributed by atoms with van der Waals surface area (Å²) in [5.74, 6) is 5.54. The summed E-state index contributed by atoms with van der Waals surface area (Å²) < 4.78 is 0. The first kappa shape index (κ1) is 11.1.